The predicted molar refractivity (Wildman–Crippen MR) is 64.7 cm³/mol. The lowest BCUT2D eigenvalue weighted by molar-refractivity contribution is -0.142. The van der Waals surface area contributed by atoms with Crippen molar-refractivity contribution >= 4 is 34.4 Å². The van der Waals surface area contributed by atoms with Crippen LogP contribution in [0, 0.1) is 3.57 Å². The minimum absolute atomic E-state index is 0.00235. The third-order valence-electron chi connectivity index (χ3n) is 1.84. The predicted octanol–water partition coefficient (Wildman–Crippen LogP) is 2.00. The summed E-state index contributed by atoms with van der Waals surface area (Å²) in [4.78, 5) is 7.43. The Balaban J connectivity index is 2.67. The maximum atomic E-state index is 12.8. The number of nitrogens with zero attached hydrogens (tertiary/aromatic N) is 5. The Labute approximate surface area is 116 Å². The van der Waals surface area contributed by atoms with Crippen molar-refractivity contribution in [1.29, 1.82) is 0 Å². The van der Waals surface area contributed by atoms with Gasteiger partial charge in [0.25, 0.3) is 0 Å². The summed E-state index contributed by atoms with van der Waals surface area (Å²) in [6, 6.07) is 0. The summed E-state index contributed by atoms with van der Waals surface area (Å²) in [5, 5.41) is 12.7. The molecule has 2 rings (SSSR count). The number of nitrogens with one attached hydrogen (secondary N) is 1. The molecule has 0 aromatic carbocycles. The number of aromatic nitrogens is 6. The highest BCUT2D eigenvalue weighted by atomic mass is 127. The SMILES string of the molecule is CSc1nc(-c2nn[nH]n2)c(I)c(C(F)(F)F)n1. The second kappa shape index (κ2) is 4.95. The number of thioether (sulfide) groups is 1. The molecule has 0 amide bonds. The van der Waals surface area contributed by atoms with Crippen molar-refractivity contribution in [2.45, 2.75) is 11.3 Å². The Bertz CT molecular complexity index is 557. The lowest BCUT2D eigenvalue weighted by Gasteiger charge is -2.10. The number of H-pyrrole nitrogens is 1. The molecule has 2 aromatic rings. The van der Waals surface area contributed by atoms with E-state index in [0.717, 1.165) is 11.8 Å². The van der Waals surface area contributed by atoms with E-state index in [9.17, 15) is 13.2 Å². The fourth-order valence-electron chi connectivity index (χ4n) is 1.12. The lowest BCUT2D eigenvalue weighted by Crippen LogP contribution is -2.13. The molecule has 0 atom stereocenters. The number of rotatable bonds is 2. The topological polar surface area (TPSA) is 80.2 Å². The van der Waals surface area contributed by atoms with Crippen molar-refractivity contribution in [1.82, 2.24) is 30.6 Å². The van der Waals surface area contributed by atoms with Crippen LogP contribution < -0.4 is 0 Å². The monoisotopic (exact) mass is 388 g/mol. The van der Waals surface area contributed by atoms with E-state index in [2.05, 4.69) is 30.6 Å². The van der Waals surface area contributed by atoms with E-state index < -0.39 is 11.9 Å². The van der Waals surface area contributed by atoms with Crippen molar-refractivity contribution in [3.8, 4) is 11.5 Å². The molecule has 0 saturated heterocycles. The molecule has 0 fully saturated rings. The summed E-state index contributed by atoms with van der Waals surface area (Å²) in [6.07, 6.45) is -2.97. The molecule has 96 valence electrons. The minimum atomic E-state index is -4.55. The van der Waals surface area contributed by atoms with Gasteiger partial charge in [0.15, 0.2) is 10.9 Å². The zero-order chi connectivity index (χ0) is 13.3. The van der Waals surface area contributed by atoms with Crippen LogP contribution in [0.4, 0.5) is 13.2 Å². The first-order valence-electron chi connectivity index (χ1n) is 4.36. The van der Waals surface area contributed by atoms with E-state index in [4.69, 9.17) is 0 Å². The van der Waals surface area contributed by atoms with E-state index in [1.807, 2.05) is 0 Å². The summed E-state index contributed by atoms with van der Waals surface area (Å²) >= 11 is 2.53. The van der Waals surface area contributed by atoms with Crippen LogP contribution in [0.3, 0.4) is 0 Å². The number of aromatic amines is 1. The van der Waals surface area contributed by atoms with Gasteiger partial charge in [-0.2, -0.15) is 18.4 Å². The average molecular weight is 388 g/mol. The fourth-order valence-corrected chi connectivity index (χ4v) is 2.27. The van der Waals surface area contributed by atoms with E-state index in [1.165, 1.54) is 22.6 Å². The maximum Gasteiger partial charge on any atom is 0.434 e. The Morgan fingerprint density at radius 2 is 2.00 bits per heavy atom. The largest absolute Gasteiger partial charge is 0.434 e. The summed E-state index contributed by atoms with van der Waals surface area (Å²) in [7, 11) is 0. The molecule has 2 heterocycles. The highest BCUT2D eigenvalue weighted by molar-refractivity contribution is 14.1. The molecule has 0 radical (unpaired) electrons. The van der Waals surface area contributed by atoms with Crippen molar-refractivity contribution in [2.24, 2.45) is 0 Å². The van der Waals surface area contributed by atoms with E-state index in [0.29, 0.717) is 0 Å². The molecule has 0 saturated carbocycles. The van der Waals surface area contributed by atoms with Crippen molar-refractivity contribution in [3.05, 3.63) is 9.26 Å². The first-order chi connectivity index (χ1) is 8.43. The van der Waals surface area contributed by atoms with Gasteiger partial charge in [0.05, 0.1) is 3.57 Å². The summed E-state index contributed by atoms with van der Waals surface area (Å²) in [5.74, 6) is 0.00241. The van der Waals surface area contributed by atoms with Gasteiger partial charge in [-0.3, -0.25) is 0 Å². The van der Waals surface area contributed by atoms with E-state index in [-0.39, 0.29) is 20.2 Å². The molecule has 0 spiro atoms. The highest BCUT2D eigenvalue weighted by Crippen LogP contribution is 2.35. The smallest absolute Gasteiger partial charge is 0.218 e. The molecule has 0 aliphatic carbocycles. The first kappa shape index (κ1) is 13.5. The molecular formula is C7H4F3IN6S. The molecule has 11 heteroatoms. The number of alkyl halides is 3. The average Bonchev–Trinajstić information content (AvgIpc) is 2.81. The molecule has 0 aliphatic heterocycles. The number of hydrogen-bond donors (Lipinski definition) is 1. The van der Waals surface area contributed by atoms with Gasteiger partial charge in [-0.1, -0.05) is 11.8 Å². The van der Waals surface area contributed by atoms with Gasteiger partial charge in [0.1, 0.15) is 5.69 Å². The van der Waals surface area contributed by atoms with Crippen LogP contribution in [-0.4, -0.2) is 36.8 Å². The standard InChI is InChI=1S/C7H4F3IN6S/c1-18-6-12-3(5-14-16-17-15-5)2(11)4(13-6)7(8,9)10/h1H3,(H,14,15,16,17). The zero-order valence-corrected chi connectivity index (χ0v) is 11.6. The quantitative estimate of drug-likeness (QED) is 0.482. The zero-order valence-electron chi connectivity index (χ0n) is 8.66. The third-order valence-corrected chi connectivity index (χ3v) is 3.41. The van der Waals surface area contributed by atoms with Gasteiger partial charge in [0, 0.05) is 0 Å². The molecule has 1 N–H and O–H groups in total. The Morgan fingerprint density at radius 3 is 2.50 bits per heavy atom. The van der Waals surface area contributed by atoms with Gasteiger partial charge in [-0.05, 0) is 34.1 Å². The fraction of sp³-hybridized carbons (Fsp3) is 0.286. The van der Waals surface area contributed by atoms with Crippen LogP contribution in [0.25, 0.3) is 11.5 Å². The van der Waals surface area contributed by atoms with E-state index in [1.54, 1.807) is 6.26 Å². The highest BCUT2D eigenvalue weighted by Gasteiger charge is 2.37. The minimum Gasteiger partial charge on any atom is -0.218 e. The van der Waals surface area contributed by atoms with Crippen molar-refractivity contribution in [3.63, 3.8) is 0 Å². The van der Waals surface area contributed by atoms with Crippen LogP contribution in [0.5, 0.6) is 0 Å². The normalized spacial score (nSPS) is 11.8. The summed E-state index contributed by atoms with van der Waals surface area (Å²) in [5.41, 5.74) is -0.988. The molecule has 6 nitrogen and oxygen atoms in total. The summed E-state index contributed by atoms with van der Waals surface area (Å²) in [6.45, 7) is 0. The Kier molecular flexibility index (Phi) is 3.70. The van der Waals surface area contributed by atoms with Crippen LogP contribution in [0.2, 0.25) is 0 Å². The number of tetrazole rings is 1. The van der Waals surface area contributed by atoms with Gasteiger partial charge in [-0.15, -0.1) is 10.2 Å². The molecular weight excluding hydrogens is 384 g/mol. The van der Waals surface area contributed by atoms with Gasteiger partial charge in [-0.25, -0.2) is 9.97 Å². The second-order valence-corrected chi connectivity index (χ2v) is 4.81. The Morgan fingerprint density at radius 1 is 1.28 bits per heavy atom. The van der Waals surface area contributed by atoms with Crippen molar-refractivity contribution < 1.29 is 13.2 Å². The number of hydrogen-bond acceptors (Lipinski definition) is 6. The van der Waals surface area contributed by atoms with Crippen LogP contribution in [0.15, 0.2) is 5.16 Å². The maximum absolute atomic E-state index is 12.8. The van der Waals surface area contributed by atoms with E-state index >= 15 is 0 Å². The van der Waals surface area contributed by atoms with Gasteiger partial charge in [0.2, 0.25) is 5.82 Å². The van der Waals surface area contributed by atoms with Crippen molar-refractivity contribution in [2.75, 3.05) is 6.26 Å². The molecule has 18 heavy (non-hydrogen) atoms. The molecule has 0 bridgehead atoms. The second-order valence-electron chi connectivity index (χ2n) is 2.95. The molecule has 2 aromatic heterocycles. The van der Waals surface area contributed by atoms with Crippen LogP contribution >= 0.6 is 34.4 Å². The lowest BCUT2D eigenvalue weighted by atomic mass is 10.3. The molecule has 0 aliphatic rings. The van der Waals surface area contributed by atoms with Crippen LogP contribution in [-0.2, 0) is 6.18 Å². The Hall–Kier alpha value is -0.980. The van der Waals surface area contributed by atoms with Crippen LogP contribution in [0.1, 0.15) is 5.69 Å². The van der Waals surface area contributed by atoms with Gasteiger partial charge < -0.3 is 0 Å². The molecule has 0 unspecified atom stereocenters. The van der Waals surface area contributed by atoms with Gasteiger partial charge >= 0.3 is 6.18 Å². The number of halogens is 4. The third kappa shape index (κ3) is 2.55. The first-order valence-corrected chi connectivity index (χ1v) is 6.66. The summed E-state index contributed by atoms with van der Waals surface area (Å²) < 4.78 is 38.3.